The number of hydrogen-bond acceptors (Lipinski definition) is 6. The number of benzene rings is 2. The lowest BCUT2D eigenvalue weighted by Gasteiger charge is -2.16. The van der Waals surface area contributed by atoms with Crippen molar-refractivity contribution >= 4 is 39.2 Å². The summed E-state index contributed by atoms with van der Waals surface area (Å²) in [6, 6.07) is 11.1. The summed E-state index contributed by atoms with van der Waals surface area (Å²) < 4.78 is 33.4. The van der Waals surface area contributed by atoms with Gasteiger partial charge in [0.25, 0.3) is 15.9 Å². The van der Waals surface area contributed by atoms with Crippen LogP contribution in [0.2, 0.25) is 5.02 Å². The maximum atomic E-state index is 12.6. The largest absolute Gasteiger partial charge is 0.481 e. The molecular formula is C23H25ClN4O4S. The molecule has 0 aliphatic heterocycles. The zero-order valence-electron chi connectivity index (χ0n) is 18.9. The number of carbonyl (C=O) groups is 1. The lowest BCUT2D eigenvalue weighted by Crippen LogP contribution is -2.30. The molecular weight excluding hydrogens is 464 g/mol. The van der Waals surface area contributed by atoms with Crippen LogP contribution in [0.3, 0.4) is 0 Å². The molecule has 0 aliphatic carbocycles. The number of aromatic nitrogens is 2. The maximum absolute atomic E-state index is 12.6. The Labute approximate surface area is 198 Å². The number of carbonyl (C=O) groups excluding carboxylic acids is 1. The molecule has 0 fully saturated rings. The van der Waals surface area contributed by atoms with E-state index < -0.39 is 16.1 Å². The van der Waals surface area contributed by atoms with E-state index in [1.54, 1.807) is 39.0 Å². The van der Waals surface area contributed by atoms with Gasteiger partial charge in [0.1, 0.15) is 5.75 Å². The van der Waals surface area contributed by atoms with Gasteiger partial charge in [-0.25, -0.2) is 23.1 Å². The van der Waals surface area contributed by atoms with Gasteiger partial charge in [0.2, 0.25) is 5.95 Å². The molecule has 3 aromatic rings. The van der Waals surface area contributed by atoms with Gasteiger partial charge >= 0.3 is 0 Å². The first-order valence-electron chi connectivity index (χ1n) is 10.1. The van der Waals surface area contributed by atoms with Gasteiger partial charge in [-0.05, 0) is 88.2 Å². The van der Waals surface area contributed by atoms with Crippen molar-refractivity contribution in [2.45, 2.75) is 45.6 Å². The van der Waals surface area contributed by atoms with Crippen molar-refractivity contribution < 1.29 is 17.9 Å². The van der Waals surface area contributed by atoms with Crippen molar-refractivity contribution in [2.75, 3.05) is 10.0 Å². The molecule has 0 aliphatic rings. The van der Waals surface area contributed by atoms with Crippen LogP contribution in [0, 0.1) is 27.7 Å². The number of nitrogens with one attached hydrogen (secondary N) is 2. The van der Waals surface area contributed by atoms with Gasteiger partial charge in [0.15, 0.2) is 6.10 Å². The molecule has 3 rings (SSSR count). The Morgan fingerprint density at radius 2 is 1.52 bits per heavy atom. The predicted molar refractivity (Wildman–Crippen MR) is 128 cm³/mol. The summed E-state index contributed by atoms with van der Waals surface area (Å²) in [5, 5.41) is 3.38. The summed E-state index contributed by atoms with van der Waals surface area (Å²) in [7, 11) is -3.88. The highest BCUT2D eigenvalue weighted by molar-refractivity contribution is 7.92. The van der Waals surface area contributed by atoms with Crippen molar-refractivity contribution in [1.29, 1.82) is 0 Å². The molecule has 1 amide bonds. The minimum atomic E-state index is -3.88. The zero-order chi connectivity index (χ0) is 24.3. The van der Waals surface area contributed by atoms with Gasteiger partial charge in [-0.3, -0.25) is 4.79 Å². The number of nitrogens with zero attached hydrogens (tertiary/aromatic N) is 2. The molecule has 1 heterocycles. The van der Waals surface area contributed by atoms with Crippen LogP contribution in [0.15, 0.2) is 47.4 Å². The molecule has 33 heavy (non-hydrogen) atoms. The van der Waals surface area contributed by atoms with Crippen LogP contribution < -0.4 is 14.8 Å². The molecule has 0 radical (unpaired) electrons. The molecule has 0 bridgehead atoms. The fourth-order valence-electron chi connectivity index (χ4n) is 3.14. The van der Waals surface area contributed by atoms with Crippen LogP contribution in [-0.2, 0) is 14.8 Å². The fourth-order valence-corrected chi connectivity index (χ4v) is 4.20. The van der Waals surface area contributed by atoms with Crippen LogP contribution in [0.5, 0.6) is 5.75 Å². The van der Waals surface area contributed by atoms with Gasteiger partial charge in [0, 0.05) is 22.1 Å². The number of sulfonamides is 1. The maximum Gasteiger partial charge on any atom is 0.265 e. The third kappa shape index (κ3) is 6.21. The highest BCUT2D eigenvalue weighted by atomic mass is 35.5. The number of rotatable bonds is 7. The Morgan fingerprint density at radius 1 is 0.970 bits per heavy atom. The second kappa shape index (κ2) is 9.76. The molecule has 8 nitrogen and oxygen atoms in total. The summed E-state index contributed by atoms with van der Waals surface area (Å²) in [4.78, 5) is 20.7. The average Bonchev–Trinajstić information content (AvgIpc) is 2.71. The van der Waals surface area contributed by atoms with E-state index in [4.69, 9.17) is 16.3 Å². The molecule has 10 heteroatoms. The summed E-state index contributed by atoms with van der Waals surface area (Å²) in [5.41, 5.74) is 3.45. The SMILES string of the molecule is Cc1cc(C)nc(NS(=O)(=O)c2ccc(NC(=O)C(C)Oc3cc(C)c(Cl)c(C)c3)cc2)n1. The monoisotopic (exact) mass is 488 g/mol. The first-order valence-corrected chi connectivity index (χ1v) is 12.0. The first kappa shape index (κ1) is 24.5. The minimum absolute atomic E-state index is 0.00326. The lowest BCUT2D eigenvalue weighted by molar-refractivity contribution is -0.122. The fraction of sp³-hybridized carbons (Fsp3) is 0.261. The van der Waals surface area contributed by atoms with E-state index in [-0.39, 0.29) is 16.8 Å². The van der Waals surface area contributed by atoms with E-state index in [0.717, 1.165) is 11.1 Å². The molecule has 0 saturated carbocycles. The van der Waals surface area contributed by atoms with E-state index >= 15 is 0 Å². The van der Waals surface area contributed by atoms with Gasteiger partial charge in [-0.2, -0.15) is 0 Å². The smallest absolute Gasteiger partial charge is 0.265 e. The molecule has 0 saturated heterocycles. The third-order valence-electron chi connectivity index (χ3n) is 4.73. The molecule has 1 aromatic heterocycles. The Bertz CT molecular complexity index is 1250. The predicted octanol–water partition coefficient (Wildman–Crippen LogP) is 4.57. The standard InChI is InChI=1S/C23H25ClN4O4S/c1-13-10-19(11-14(2)21(13)24)32-17(5)22(29)27-18-6-8-20(9-7-18)33(30,31)28-23-25-15(3)12-16(4)26-23/h6-12,17H,1-5H3,(H,27,29)(H,25,26,28). The van der Waals surface area contributed by atoms with Crippen molar-refractivity contribution in [3.05, 3.63) is 70.0 Å². The van der Waals surface area contributed by atoms with Crippen molar-refractivity contribution in [2.24, 2.45) is 0 Å². The summed E-state index contributed by atoms with van der Waals surface area (Å²) in [6.45, 7) is 8.86. The van der Waals surface area contributed by atoms with Crippen molar-refractivity contribution in [1.82, 2.24) is 9.97 Å². The highest BCUT2D eigenvalue weighted by Gasteiger charge is 2.18. The van der Waals surface area contributed by atoms with Crippen molar-refractivity contribution in [3.63, 3.8) is 0 Å². The van der Waals surface area contributed by atoms with E-state index in [0.29, 0.717) is 27.8 Å². The van der Waals surface area contributed by atoms with Crippen LogP contribution in [0.25, 0.3) is 0 Å². The number of halogens is 1. The van der Waals surface area contributed by atoms with Gasteiger partial charge < -0.3 is 10.1 Å². The van der Waals surface area contributed by atoms with Crippen LogP contribution in [-0.4, -0.2) is 30.4 Å². The number of ether oxygens (including phenoxy) is 1. The Kier molecular flexibility index (Phi) is 7.24. The second-order valence-electron chi connectivity index (χ2n) is 7.72. The van der Waals surface area contributed by atoms with Gasteiger partial charge in [-0.15, -0.1) is 0 Å². The number of anilines is 2. The van der Waals surface area contributed by atoms with Crippen molar-refractivity contribution in [3.8, 4) is 5.75 Å². The van der Waals surface area contributed by atoms with Crippen LogP contribution in [0.1, 0.15) is 29.4 Å². The first-order chi connectivity index (χ1) is 15.4. The Morgan fingerprint density at radius 3 is 2.06 bits per heavy atom. The number of hydrogen-bond donors (Lipinski definition) is 2. The quantitative estimate of drug-likeness (QED) is 0.504. The number of aryl methyl sites for hydroxylation is 4. The number of amides is 1. The average molecular weight is 489 g/mol. The van der Waals surface area contributed by atoms with Crippen LogP contribution in [0.4, 0.5) is 11.6 Å². The van der Waals surface area contributed by atoms with Crippen LogP contribution >= 0.6 is 11.6 Å². The van der Waals surface area contributed by atoms with Gasteiger partial charge in [-0.1, -0.05) is 11.6 Å². The molecule has 0 spiro atoms. The third-order valence-corrected chi connectivity index (χ3v) is 6.67. The summed E-state index contributed by atoms with van der Waals surface area (Å²) in [6.07, 6.45) is -0.781. The Balaban J connectivity index is 1.66. The molecule has 1 atom stereocenters. The van der Waals surface area contributed by atoms with E-state index in [9.17, 15) is 13.2 Å². The summed E-state index contributed by atoms with van der Waals surface area (Å²) in [5.74, 6) is 0.166. The normalized spacial score (nSPS) is 12.2. The topological polar surface area (TPSA) is 110 Å². The zero-order valence-corrected chi connectivity index (χ0v) is 20.5. The Hall–Kier alpha value is -3.17. The van der Waals surface area contributed by atoms with E-state index in [1.807, 2.05) is 13.8 Å². The van der Waals surface area contributed by atoms with Gasteiger partial charge in [0.05, 0.1) is 4.90 Å². The lowest BCUT2D eigenvalue weighted by atomic mass is 10.1. The molecule has 2 aromatic carbocycles. The highest BCUT2D eigenvalue weighted by Crippen LogP contribution is 2.26. The van der Waals surface area contributed by atoms with E-state index in [1.165, 1.54) is 24.3 Å². The second-order valence-corrected chi connectivity index (χ2v) is 9.78. The molecule has 1 unspecified atom stereocenters. The summed E-state index contributed by atoms with van der Waals surface area (Å²) >= 11 is 6.17. The van der Waals surface area contributed by atoms with E-state index in [2.05, 4.69) is 20.0 Å². The minimum Gasteiger partial charge on any atom is -0.481 e. The molecule has 2 N–H and O–H groups in total. The molecule has 174 valence electrons.